The Bertz CT molecular complexity index is 835. The molecule has 140 valence electrons. The van der Waals surface area contributed by atoms with E-state index in [2.05, 4.69) is 17.4 Å². The van der Waals surface area contributed by atoms with E-state index in [9.17, 15) is 19.8 Å². The molecule has 0 bridgehead atoms. The Hall–Kier alpha value is -2.86. The van der Waals surface area contributed by atoms with E-state index in [0.29, 0.717) is 0 Å². The number of aliphatic carboxylic acids is 1. The highest BCUT2D eigenvalue weighted by Crippen LogP contribution is 2.44. The van der Waals surface area contributed by atoms with Crippen LogP contribution in [-0.4, -0.2) is 41.0 Å². The Morgan fingerprint density at radius 1 is 1.00 bits per heavy atom. The number of aliphatic hydroxyl groups excluding tert-OH is 1. The van der Waals surface area contributed by atoms with Gasteiger partial charge >= 0.3 is 12.1 Å². The second kappa shape index (κ2) is 7.04. The molecule has 3 N–H and O–H groups in total. The van der Waals surface area contributed by atoms with E-state index in [-0.39, 0.29) is 25.4 Å². The van der Waals surface area contributed by atoms with Gasteiger partial charge in [-0.1, -0.05) is 48.5 Å². The van der Waals surface area contributed by atoms with Crippen molar-refractivity contribution in [3.05, 3.63) is 59.7 Å². The highest BCUT2D eigenvalue weighted by Gasteiger charge is 2.39. The zero-order chi connectivity index (χ0) is 19.0. The lowest BCUT2D eigenvalue weighted by molar-refractivity contribution is -0.142. The van der Waals surface area contributed by atoms with Crippen LogP contribution in [0.5, 0.6) is 0 Å². The number of rotatable bonds is 4. The fourth-order valence-corrected chi connectivity index (χ4v) is 4.23. The standard InChI is InChI=1S/C21H21NO5/c23-12-9-17(20(24)25)19(10-12)22-21(26)27-11-18-15-7-3-1-5-13(15)14-6-2-4-8-16(14)18/h1-8,12,17-19,23H,9-11H2,(H,22,26)(H,24,25). The molecule has 0 spiro atoms. The molecule has 0 saturated heterocycles. The summed E-state index contributed by atoms with van der Waals surface area (Å²) in [7, 11) is 0. The van der Waals surface area contributed by atoms with Crippen LogP contribution in [0.3, 0.4) is 0 Å². The second-order valence-electron chi connectivity index (χ2n) is 7.15. The molecule has 1 amide bonds. The average molecular weight is 367 g/mol. The number of carbonyl (C=O) groups excluding carboxylic acids is 1. The zero-order valence-electron chi connectivity index (χ0n) is 14.7. The minimum absolute atomic E-state index is 0.0485. The number of hydrogen-bond acceptors (Lipinski definition) is 4. The zero-order valence-corrected chi connectivity index (χ0v) is 14.7. The van der Waals surface area contributed by atoms with Crippen LogP contribution in [0, 0.1) is 5.92 Å². The van der Waals surface area contributed by atoms with Crippen molar-refractivity contribution in [2.75, 3.05) is 6.61 Å². The molecule has 6 heteroatoms. The van der Waals surface area contributed by atoms with Gasteiger partial charge in [0.1, 0.15) is 6.61 Å². The van der Waals surface area contributed by atoms with E-state index in [4.69, 9.17) is 4.74 Å². The smallest absolute Gasteiger partial charge is 0.407 e. The van der Waals surface area contributed by atoms with Crippen molar-refractivity contribution < 1.29 is 24.5 Å². The molecular formula is C21H21NO5. The summed E-state index contributed by atoms with van der Waals surface area (Å²) in [5, 5.41) is 21.5. The Balaban J connectivity index is 1.45. The summed E-state index contributed by atoms with van der Waals surface area (Å²) in [4.78, 5) is 23.5. The first-order valence-corrected chi connectivity index (χ1v) is 9.07. The van der Waals surface area contributed by atoms with Gasteiger partial charge in [0.2, 0.25) is 0 Å². The van der Waals surface area contributed by atoms with Gasteiger partial charge in [-0.2, -0.15) is 0 Å². The quantitative estimate of drug-likeness (QED) is 0.772. The largest absolute Gasteiger partial charge is 0.481 e. The molecule has 3 atom stereocenters. The molecule has 1 fully saturated rings. The van der Waals surface area contributed by atoms with Crippen molar-refractivity contribution in [2.45, 2.75) is 30.9 Å². The van der Waals surface area contributed by atoms with Gasteiger partial charge in [0.05, 0.1) is 12.0 Å². The molecule has 6 nitrogen and oxygen atoms in total. The van der Waals surface area contributed by atoms with Crippen LogP contribution in [-0.2, 0) is 9.53 Å². The number of benzene rings is 2. The Kier molecular flexibility index (Phi) is 4.58. The maximum Gasteiger partial charge on any atom is 0.407 e. The van der Waals surface area contributed by atoms with Crippen molar-refractivity contribution in [3.63, 3.8) is 0 Å². The van der Waals surface area contributed by atoms with Crippen LogP contribution in [0.25, 0.3) is 11.1 Å². The lowest BCUT2D eigenvalue weighted by atomic mass is 9.98. The molecule has 3 unspecified atom stereocenters. The minimum Gasteiger partial charge on any atom is -0.481 e. The number of hydrogen-bond donors (Lipinski definition) is 3. The SMILES string of the molecule is O=C(NC1CC(O)CC1C(=O)O)OCC1c2ccccc2-c2ccccc21. The van der Waals surface area contributed by atoms with Crippen LogP contribution < -0.4 is 5.32 Å². The molecule has 2 aromatic carbocycles. The van der Waals surface area contributed by atoms with Crippen molar-refractivity contribution in [3.8, 4) is 11.1 Å². The molecule has 0 aliphatic heterocycles. The number of fused-ring (bicyclic) bond motifs is 3. The van der Waals surface area contributed by atoms with E-state index in [1.165, 1.54) is 0 Å². The summed E-state index contributed by atoms with van der Waals surface area (Å²) in [5.41, 5.74) is 4.52. The normalized spacial score (nSPS) is 23.5. The monoisotopic (exact) mass is 367 g/mol. The average Bonchev–Trinajstić information content (AvgIpc) is 3.18. The van der Waals surface area contributed by atoms with Crippen LogP contribution >= 0.6 is 0 Å². The van der Waals surface area contributed by atoms with Gasteiger partial charge in [-0.05, 0) is 35.1 Å². The summed E-state index contributed by atoms with van der Waals surface area (Å²) in [6, 6.07) is 15.5. The minimum atomic E-state index is -1.02. The van der Waals surface area contributed by atoms with Gasteiger partial charge in [-0.25, -0.2) is 4.79 Å². The Labute approximate surface area is 156 Å². The van der Waals surface area contributed by atoms with Crippen LogP contribution in [0.4, 0.5) is 4.79 Å². The van der Waals surface area contributed by atoms with E-state index in [1.54, 1.807) is 0 Å². The number of amides is 1. The van der Waals surface area contributed by atoms with Crippen LogP contribution in [0.1, 0.15) is 29.9 Å². The van der Waals surface area contributed by atoms with Gasteiger partial charge in [-0.15, -0.1) is 0 Å². The van der Waals surface area contributed by atoms with E-state index < -0.39 is 30.1 Å². The molecule has 4 rings (SSSR count). The lowest BCUT2D eigenvalue weighted by Gasteiger charge is -2.19. The third-order valence-corrected chi connectivity index (χ3v) is 5.50. The predicted octanol–water partition coefficient (Wildman–Crippen LogP) is 2.75. The molecule has 27 heavy (non-hydrogen) atoms. The van der Waals surface area contributed by atoms with Crippen molar-refractivity contribution >= 4 is 12.1 Å². The van der Waals surface area contributed by atoms with Gasteiger partial charge in [0.15, 0.2) is 0 Å². The van der Waals surface area contributed by atoms with E-state index in [0.717, 1.165) is 22.3 Å². The predicted molar refractivity (Wildman–Crippen MR) is 98.4 cm³/mol. The number of nitrogens with one attached hydrogen (secondary N) is 1. The summed E-state index contributed by atoms with van der Waals surface area (Å²) in [5.74, 6) is -1.86. The molecule has 0 aromatic heterocycles. The number of alkyl carbamates (subject to hydrolysis) is 1. The van der Waals surface area contributed by atoms with Gasteiger partial charge in [0.25, 0.3) is 0 Å². The first-order valence-electron chi connectivity index (χ1n) is 9.07. The number of carbonyl (C=O) groups is 2. The summed E-state index contributed by atoms with van der Waals surface area (Å²) < 4.78 is 5.44. The lowest BCUT2D eigenvalue weighted by Crippen LogP contribution is -2.40. The summed E-state index contributed by atoms with van der Waals surface area (Å²) in [6.45, 7) is 0.173. The van der Waals surface area contributed by atoms with Crippen LogP contribution in [0.2, 0.25) is 0 Å². The fraction of sp³-hybridized carbons (Fsp3) is 0.333. The van der Waals surface area contributed by atoms with Crippen molar-refractivity contribution in [1.29, 1.82) is 0 Å². The third-order valence-electron chi connectivity index (χ3n) is 5.50. The maximum absolute atomic E-state index is 12.2. The first kappa shape index (κ1) is 17.5. The maximum atomic E-state index is 12.2. The van der Waals surface area contributed by atoms with Crippen molar-refractivity contribution in [1.82, 2.24) is 5.32 Å². The summed E-state index contributed by atoms with van der Waals surface area (Å²) in [6.07, 6.45) is -1.00. The first-order chi connectivity index (χ1) is 13.0. The second-order valence-corrected chi connectivity index (χ2v) is 7.15. The molecule has 2 aliphatic carbocycles. The molecule has 2 aromatic rings. The van der Waals surface area contributed by atoms with Gasteiger partial charge in [-0.3, -0.25) is 4.79 Å². The molecule has 2 aliphatic rings. The Morgan fingerprint density at radius 2 is 1.59 bits per heavy atom. The molecule has 1 saturated carbocycles. The van der Waals surface area contributed by atoms with E-state index >= 15 is 0 Å². The number of carboxylic acid groups (broad SMARTS) is 1. The molecule has 0 heterocycles. The third kappa shape index (κ3) is 3.28. The van der Waals surface area contributed by atoms with Crippen LogP contribution in [0.15, 0.2) is 48.5 Å². The van der Waals surface area contributed by atoms with Crippen molar-refractivity contribution in [2.24, 2.45) is 5.92 Å². The highest BCUT2D eigenvalue weighted by molar-refractivity contribution is 5.79. The molecular weight excluding hydrogens is 346 g/mol. The number of carboxylic acids is 1. The number of ether oxygens (including phenoxy) is 1. The van der Waals surface area contributed by atoms with Gasteiger partial charge in [0, 0.05) is 12.0 Å². The summed E-state index contributed by atoms with van der Waals surface area (Å²) >= 11 is 0. The molecule has 0 radical (unpaired) electrons. The number of aliphatic hydroxyl groups is 1. The highest BCUT2D eigenvalue weighted by atomic mass is 16.5. The van der Waals surface area contributed by atoms with Gasteiger partial charge < -0.3 is 20.3 Å². The topological polar surface area (TPSA) is 95.9 Å². The van der Waals surface area contributed by atoms with E-state index in [1.807, 2.05) is 36.4 Å². The fourth-order valence-electron chi connectivity index (χ4n) is 4.23. The Morgan fingerprint density at radius 3 is 2.19 bits per heavy atom.